The van der Waals surface area contributed by atoms with E-state index < -0.39 is 0 Å². The van der Waals surface area contributed by atoms with E-state index in [1.165, 1.54) is 24.1 Å². The summed E-state index contributed by atoms with van der Waals surface area (Å²) in [5.41, 5.74) is 1.62. The van der Waals surface area contributed by atoms with Crippen LogP contribution in [0.1, 0.15) is 28.7 Å². The van der Waals surface area contributed by atoms with E-state index in [0.717, 1.165) is 13.1 Å². The molecule has 0 unspecified atom stereocenters. The lowest BCUT2D eigenvalue weighted by Gasteiger charge is -1.96. The molecule has 1 aliphatic carbocycles. The number of thiophene rings is 1. The maximum absolute atomic E-state index is 3.36. The first kappa shape index (κ1) is 8.27. The highest BCUT2D eigenvalue weighted by Crippen LogP contribution is 2.30. The topological polar surface area (TPSA) is 12.0 Å². The summed E-state index contributed by atoms with van der Waals surface area (Å²) >= 11 is 2.00. The van der Waals surface area contributed by atoms with Crippen molar-refractivity contribution >= 4 is 11.3 Å². The molecule has 0 fully saturated rings. The van der Waals surface area contributed by atoms with Gasteiger partial charge in [-0.3, -0.25) is 0 Å². The zero-order valence-electron chi connectivity index (χ0n) is 7.52. The SMILES string of the molecule is CCNCc1cc2c(s1)CCC2. The van der Waals surface area contributed by atoms with Crippen LogP contribution in [0.5, 0.6) is 0 Å². The molecule has 1 aliphatic rings. The average Bonchev–Trinajstić information content (AvgIpc) is 2.58. The molecule has 1 N–H and O–H groups in total. The van der Waals surface area contributed by atoms with Gasteiger partial charge >= 0.3 is 0 Å². The van der Waals surface area contributed by atoms with E-state index in [2.05, 4.69) is 18.3 Å². The van der Waals surface area contributed by atoms with E-state index >= 15 is 0 Å². The molecule has 0 bridgehead atoms. The van der Waals surface area contributed by atoms with Crippen molar-refractivity contribution in [2.24, 2.45) is 0 Å². The second-order valence-corrected chi connectivity index (χ2v) is 4.52. The molecular formula is C10H15NS. The average molecular weight is 181 g/mol. The molecule has 0 aromatic carbocycles. The molecule has 0 aliphatic heterocycles. The number of hydrogen-bond donors (Lipinski definition) is 1. The molecule has 0 radical (unpaired) electrons. The van der Waals surface area contributed by atoms with Gasteiger partial charge < -0.3 is 5.32 Å². The third-order valence-electron chi connectivity index (χ3n) is 2.35. The van der Waals surface area contributed by atoms with E-state index in [0.29, 0.717) is 0 Å². The first-order valence-electron chi connectivity index (χ1n) is 4.71. The lowest BCUT2D eigenvalue weighted by Crippen LogP contribution is -2.10. The van der Waals surface area contributed by atoms with Crippen molar-refractivity contribution in [3.8, 4) is 0 Å². The Morgan fingerprint density at radius 1 is 1.50 bits per heavy atom. The lowest BCUT2D eigenvalue weighted by molar-refractivity contribution is 0.735. The van der Waals surface area contributed by atoms with E-state index in [-0.39, 0.29) is 0 Å². The van der Waals surface area contributed by atoms with Gasteiger partial charge in [-0.25, -0.2) is 0 Å². The largest absolute Gasteiger partial charge is 0.312 e. The Morgan fingerprint density at radius 2 is 2.42 bits per heavy atom. The standard InChI is InChI=1S/C10H15NS/c1-2-11-7-9-6-8-4-3-5-10(8)12-9/h6,11H,2-5,7H2,1H3. The fourth-order valence-corrected chi connectivity index (χ4v) is 2.96. The Morgan fingerprint density at radius 3 is 3.17 bits per heavy atom. The number of hydrogen-bond acceptors (Lipinski definition) is 2. The molecular weight excluding hydrogens is 166 g/mol. The molecule has 0 saturated heterocycles. The van der Waals surface area contributed by atoms with E-state index in [1.807, 2.05) is 11.3 Å². The van der Waals surface area contributed by atoms with Crippen molar-refractivity contribution in [1.82, 2.24) is 5.32 Å². The minimum atomic E-state index is 1.06. The van der Waals surface area contributed by atoms with Gasteiger partial charge in [0.25, 0.3) is 0 Å². The Balaban J connectivity index is 2.05. The highest BCUT2D eigenvalue weighted by atomic mass is 32.1. The molecule has 1 aromatic rings. The summed E-state index contributed by atoms with van der Waals surface area (Å²) in [5.74, 6) is 0. The zero-order valence-corrected chi connectivity index (χ0v) is 8.34. The van der Waals surface area contributed by atoms with Crippen molar-refractivity contribution < 1.29 is 0 Å². The fraction of sp³-hybridized carbons (Fsp3) is 0.600. The molecule has 0 atom stereocenters. The maximum Gasteiger partial charge on any atom is 0.0299 e. The Bertz CT molecular complexity index is 243. The van der Waals surface area contributed by atoms with Crippen LogP contribution < -0.4 is 5.32 Å². The Labute approximate surface area is 77.8 Å². The highest BCUT2D eigenvalue weighted by Gasteiger charge is 2.13. The first-order chi connectivity index (χ1) is 5.90. The van der Waals surface area contributed by atoms with Crippen LogP contribution in [0.3, 0.4) is 0 Å². The van der Waals surface area contributed by atoms with Crippen LogP contribution in [0.4, 0.5) is 0 Å². The highest BCUT2D eigenvalue weighted by molar-refractivity contribution is 7.12. The molecule has 1 aromatic heterocycles. The summed E-state index contributed by atoms with van der Waals surface area (Å²) in [6.45, 7) is 4.29. The smallest absolute Gasteiger partial charge is 0.0299 e. The number of rotatable bonds is 3. The molecule has 66 valence electrons. The summed E-state index contributed by atoms with van der Waals surface area (Å²) in [5, 5.41) is 3.36. The summed E-state index contributed by atoms with van der Waals surface area (Å²) in [6, 6.07) is 2.38. The van der Waals surface area contributed by atoms with Gasteiger partial charge in [-0.15, -0.1) is 11.3 Å². The van der Waals surface area contributed by atoms with Gasteiger partial charge in [0.15, 0.2) is 0 Å². The minimum absolute atomic E-state index is 1.06. The number of fused-ring (bicyclic) bond motifs is 1. The van der Waals surface area contributed by atoms with E-state index in [9.17, 15) is 0 Å². The molecule has 1 nitrogen and oxygen atoms in total. The first-order valence-corrected chi connectivity index (χ1v) is 5.53. The molecule has 2 heteroatoms. The quantitative estimate of drug-likeness (QED) is 0.754. The molecule has 2 rings (SSSR count). The fourth-order valence-electron chi connectivity index (χ4n) is 1.73. The van der Waals surface area contributed by atoms with Gasteiger partial charge in [-0.05, 0) is 37.4 Å². The van der Waals surface area contributed by atoms with Gasteiger partial charge in [0.2, 0.25) is 0 Å². The van der Waals surface area contributed by atoms with Gasteiger partial charge in [-0.1, -0.05) is 6.92 Å². The molecule has 0 amide bonds. The van der Waals surface area contributed by atoms with Crippen molar-refractivity contribution in [3.05, 3.63) is 21.4 Å². The third-order valence-corrected chi connectivity index (χ3v) is 3.58. The monoisotopic (exact) mass is 181 g/mol. The summed E-state index contributed by atoms with van der Waals surface area (Å²) in [4.78, 5) is 3.16. The van der Waals surface area contributed by atoms with Crippen LogP contribution >= 0.6 is 11.3 Å². The number of nitrogens with one attached hydrogen (secondary N) is 1. The van der Waals surface area contributed by atoms with Gasteiger partial charge in [-0.2, -0.15) is 0 Å². The Kier molecular flexibility index (Phi) is 2.47. The molecule has 0 saturated carbocycles. The Hall–Kier alpha value is -0.340. The van der Waals surface area contributed by atoms with Gasteiger partial charge in [0.1, 0.15) is 0 Å². The van der Waals surface area contributed by atoms with Crippen LogP contribution in [0.15, 0.2) is 6.07 Å². The van der Waals surface area contributed by atoms with Crippen LogP contribution in [-0.2, 0) is 19.4 Å². The van der Waals surface area contributed by atoms with Gasteiger partial charge in [0, 0.05) is 16.3 Å². The maximum atomic E-state index is 3.36. The van der Waals surface area contributed by atoms with Crippen LogP contribution in [0.2, 0.25) is 0 Å². The predicted molar refractivity (Wildman–Crippen MR) is 53.7 cm³/mol. The van der Waals surface area contributed by atoms with E-state index in [1.54, 1.807) is 10.4 Å². The van der Waals surface area contributed by atoms with Crippen LogP contribution in [-0.4, -0.2) is 6.54 Å². The van der Waals surface area contributed by atoms with Crippen LogP contribution in [0, 0.1) is 0 Å². The molecule has 1 heterocycles. The summed E-state index contributed by atoms with van der Waals surface area (Å²) in [7, 11) is 0. The zero-order chi connectivity index (χ0) is 8.39. The van der Waals surface area contributed by atoms with Crippen LogP contribution in [0.25, 0.3) is 0 Å². The second-order valence-electron chi connectivity index (χ2n) is 3.30. The lowest BCUT2D eigenvalue weighted by atomic mass is 10.2. The summed E-state index contributed by atoms with van der Waals surface area (Å²) in [6.07, 6.45) is 4.02. The summed E-state index contributed by atoms with van der Waals surface area (Å²) < 4.78 is 0. The third kappa shape index (κ3) is 1.54. The van der Waals surface area contributed by atoms with Gasteiger partial charge in [0.05, 0.1) is 0 Å². The predicted octanol–water partition coefficient (Wildman–Crippen LogP) is 2.35. The van der Waals surface area contributed by atoms with Crippen molar-refractivity contribution in [1.29, 1.82) is 0 Å². The molecule has 12 heavy (non-hydrogen) atoms. The second kappa shape index (κ2) is 3.58. The minimum Gasteiger partial charge on any atom is -0.312 e. The number of aryl methyl sites for hydroxylation is 2. The van der Waals surface area contributed by atoms with E-state index in [4.69, 9.17) is 0 Å². The molecule has 0 spiro atoms. The van der Waals surface area contributed by atoms with Crippen molar-refractivity contribution in [2.45, 2.75) is 32.7 Å². The normalized spacial score (nSPS) is 15.1. The van der Waals surface area contributed by atoms with Crippen molar-refractivity contribution in [2.75, 3.05) is 6.54 Å². The van der Waals surface area contributed by atoms with Crippen molar-refractivity contribution in [3.63, 3.8) is 0 Å².